The maximum absolute atomic E-state index is 11.4. The normalized spacial score (nSPS) is 11.0. The van der Waals surface area contributed by atoms with Gasteiger partial charge in [0, 0.05) is 5.69 Å². The van der Waals surface area contributed by atoms with E-state index in [0.717, 1.165) is 11.8 Å². The highest BCUT2D eigenvalue weighted by Crippen LogP contribution is 2.14. The van der Waals surface area contributed by atoms with Gasteiger partial charge in [0.15, 0.2) is 0 Å². The molecule has 1 amide bonds. The summed E-state index contributed by atoms with van der Waals surface area (Å²) in [4.78, 5) is 21.6. The first-order valence-electron chi connectivity index (χ1n) is 5.01. The lowest BCUT2D eigenvalue weighted by atomic mass is 10.3. The molecule has 0 atom stereocenters. The van der Waals surface area contributed by atoms with Crippen LogP contribution in [0.3, 0.4) is 0 Å². The highest BCUT2D eigenvalue weighted by molar-refractivity contribution is 8.00. The molecule has 0 unspecified atom stereocenters. The number of nitrogens with two attached hydrogens (primary N) is 1. The fraction of sp³-hybridized carbons (Fsp3) is 0.200. The van der Waals surface area contributed by atoms with Crippen LogP contribution in [-0.4, -0.2) is 36.9 Å². The molecule has 0 bridgehead atoms. The van der Waals surface area contributed by atoms with Crippen LogP contribution in [-0.2, 0) is 19.6 Å². The molecule has 9 heteroatoms. The quantitative estimate of drug-likeness (QED) is 0.683. The van der Waals surface area contributed by atoms with Crippen LogP contribution in [0.1, 0.15) is 0 Å². The largest absolute Gasteiger partial charge is 0.481 e. The molecule has 0 aromatic heterocycles. The fourth-order valence-corrected chi connectivity index (χ4v) is 2.27. The van der Waals surface area contributed by atoms with Crippen molar-refractivity contribution >= 4 is 39.3 Å². The molecule has 4 N–H and O–H groups in total. The third-order valence-corrected chi connectivity index (χ3v) is 3.73. The third kappa shape index (κ3) is 5.73. The second-order valence-corrected chi connectivity index (χ2v) is 6.05. The zero-order valence-corrected chi connectivity index (χ0v) is 11.3. The number of carbonyl (C=O) groups is 2. The molecule has 0 radical (unpaired) electrons. The van der Waals surface area contributed by atoms with Gasteiger partial charge in [-0.3, -0.25) is 9.59 Å². The fourth-order valence-electron chi connectivity index (χ4n) is 1.18. The Labute approximate surface area is 114 Å². The molecular weight excluding hydrogens is 292 g/mol. The zero-order chi connectivity index (χ0) is 14.5. The second kappa shape index (κ2) is 6.55. The average Bonchev–Trinajstić information content (AvgIpc) is 2.27. The van der Waals surface area contributed by atoms with Crippen LogP contribution in [0.25, 0.3) is 0 Å². The highest BCUT2D eigenvalue weighted by Gasteiger charge is 2.09. The van der Waals surface area contributed by atoms with Crippen LogP contribution in [0.2, 0.25) is 0 Å². The molecular formula is C10H12N2O5S2. The number of hydrogen-bond donors (Lipinski definition) is 3. The van der Waals surface area contributed by atoms with Crippen molar-refractivity contribution < 1.29 is 23.1 Å². The summed E-state index contributed by atoms with van der Waals surface area (Å²) in [6.45, 7) is 0. The molecule has 0 aliphatic carbocycles. The van der Waals surface area contributed by atoms with Crippen molar-refractivity contribution in [1.29, 1.82) is 0 Å². The molecule has 0 aliphatic heterocycles. The summed E-state index contributed by atoms with van der Waals surface area (Å²) >= 11 is 0.944. The summed E-state index contributed by atoms with van der Waals surface area (Å²) in [6, 6.07) is 5.49. The van der Waals surface area contributed by atoms with Gasteiger partial charge in [0.25, 0.3) is 0 Å². The van der Waals surface area contributed by atoms with Crippen LogP contribution < -0.4 is 10.5 Å². The van der Waals surface area contributed by atoms with E-state index in [0.29, 0.717) is 0 Å². The second-order valence-electron chi connectivity index (χ2n) is 3.51. The summed E-state index contributed by atoms with van der Waals surface area (Å²) in [6.07, 6.45) is 0. The maximum Gasteiger partial charge on any atom is 0.313 e. The molecule has 0 heterocycles. The van der Waals surface area contributed by atoms with E-state index >= 15 is 0 Å². The minimum absolute atomic E-state index is 0.0358. The number of sulfonamides is 1. The van der Waals surface area contributed by atoms with E-state index in [1.807, 2.05) is 0 Å². The molecule has 0 saturated carbocycles. The number of thioether (sulfide) groups is 1. The third-order valence-electron chi connectivity index (χ3n) is 1.91. The smallest absolute Gasteiger partial charge is 0.313 e. The maximum atomic E-state index is 11.4. The molecule has 19 heavy (non-hydrogen) atoms. The van der Waals surface area contributed by atoms with Gasteiger partial charge >= 0.3 is 5.97 Å². The Bertz CT molecular complexity index is 585. The standard InChI is InChI=1S/C10H12N2O5S2/c11-19(16,17)8-3-1-2-7(4-8)12-9(13)5-18-6-10(14)15/h1-4H,5-6H2,(H,12,13)(H,14,15)(H2,11,16,17). The van der Waals surface area contributed by atoms with Gasteiger partial charge in [-0.15, -0.1) is 11.8 Å². The van der Waals surface area contributed by atoms with Gasteiger partial charge in [-0.1, -0.05) is 6.07 Å². The van der Waals surface area contributed by atoms with Crippen LogP contribution in [0.15, 0.2) is 29.2 Å². The molecule has 7 nitrogen and oxygen atoms in total. The first-order chi connectivity index (χ1) is 8.79. The molecule has 0 fully saturated rings. The van der Waals surface area contributed by atoms with Crippen molar-refractivity contribution in [3.8, 4) is 0 Å². The van der Waals surface area contributed by atoms with E-state index in [4.69, 9.17) is 10.2 Å². The highest BCUT2D eigenvalue weighted by atomic mass is 32.2. The lowest BCUT2D eigenvalue weighted by Gasteiger charge is -2.06. The van der Waals surface area contributed by atoms with Crippen LogP contribution in [0.5, 0.6) is 0 Å². The minimum Gasteiger partial charge on any atom is -0.481 e. The van der Waals surface area contributed by atoms with Crippen LogP contribution in [0.4, 0.5) is 5.69 Å². The number of nitrogens with one attached hydrogen (secondary N) is 1. The van der Waals surface area contributed by atoms with Gasteiger partial charge in [-0.2, -0.15) is 0 Å². The van der Waals surface area contributed by atoms with Gasteiger partial charge < -0.3 is 10.4 Å². The van der Waals surface area contributed by atoms with E-state index in [1.54, 1.807) is 0 Å². The zero-order valence-electron chi connectivity index (χ0n) is 9.70. The molecule has 1 rings (SSSR count). The Morgan fingerprint density at radius 3 is 2.58 bits per heavy atom. The van der Waals surface area contributed by atoms with E-state index in [2.05, 4.69) is 5.32 Å². The number of anilines is 1. The minimum atomic E-state index is -3.82. The summed E-state index contributed by atoms with van der Waals surface area (Å²) in [5.41, 5.74) is 0.285. The van der Waals surface area contributed by atoms with E-state index in [9.17, 15) is 18.0 Å². The molecule has 0 aliphatic rings. The Balaban J connectivity index is 2.62. The number of carboxylic acid groups (broad SMARTS) is 1. The lowest BCUT2D eigenvalue weighted by molar-refractivity contribution is -0.133. The van der Waals surface area contributed by atoms with E-state index in [1.165, 1.54) is 24.3 Å². The number of primary sulfonamides is 1. The molecule has 104 valence electrons. The van der Waals surface area contributed by atoms with Gasteiger partial charge in [-0.25, -0.2) is 13.6 Å². The Hall–Kier alpha value is -1.58. The summed E-state index contributed by atoms with van der Waals surface area (Å²) in [5.74, 6) is -1.64. The molecule has 0 spiro atoms. The van der Waals surface area contributed by atoms with Gasteiger partial charge in [0.1, 0.15) is 0 Å². The van der Waals surface area contributed by atoms with Crippen molar-refractivity contribution in [2.75, 3.05) is 16.8 Å². The number of aliphatic carboxylic acids is 1. The SMILES string of the molecule is NS(=O)(=O)c1cccc(NC(=O)CSCC(=O)O)c1. The number of carbonyl (C=O) groups excluding carboxylic acids is 1. The number of carboxylic acids is 1. The van der Waals surface area contributed by atoms with E-state index < -0.39 is 21.9 Å². The Kier molecular flexibility index (Phi) is 5.33. The predicted molar refractivity (Wildman–Crippen MR) is 71.4 cm³/mol. The monoisotopic (exact) mass is 304 g/mol. The molecule has 1 aromatic carbocycles. The topological polar surface area (TPSA) is 127 Å². The van der Waals surface area contributed by atoms with E-state index in [-0.39, 0.29) is 22.1 Å². The van der Waals surface area contributed by atoms with Gasteiger partial charge in [0.05, 0.1) is 16.4 Å². The number of benzene rings is 1. The first kappa shape index (κ1) is 15.5. The Morgan fingerprint density at radius 1 is 1.32 bits per heavy atom. The number of hydrogen-bond acceptors (Lipinski definition) is 5. The van der Waals surface area contributed by atoms with Crippen molar-refractivity contribution in [2.24, 2.45) is 5.14 Å². The number of rotatable bonds is 6. The number of amides is 1. The van der Waals surface area contributed by atoms with Crippen LogP contribution >= 0.6 is 11.8 Å². The van der Waals surface area contributed by atoms with Crippen molar-refractivity contribution in [1.82, 2.24) is 0 Å². The van der Waals surface area contributed by atoms with Crippen molar-refractivity contribution in [2.45, 2.75) is 4.90 Å². The summed E-state index contributed by atoms with van der Waals surface area (Å²) in [7, 11) is -3.82. The first-order valence-corrected chi connectivity index (χ1v) is 7.71. The van der Waals surface area contributed by atoms with Crippen molar-refractivity contribution in [3.05, 3.63) is 24.3 Å². The molecule has 1 aromatic rings. The summed E-state index contributed by atoms with van der Waals surface area (Å²) < 4.78 is 22.2. The van der Waals surface area contributed by atoms with Crippen molar-refractivity contribution in [3.63, 3.8) is 0 Å². The molecule has 0 saturated heterocycles. The van der Waals surface area contributed by atoms with Gasteiger partial charge in [0.2, 0.25) is 15.9 Å². The summed E-state index contributed by atoms with van der Waals surface area (Å²) in [5, 5.41) is 15.8. The Morgan fingerprint density at radius 2 is 2.00 bits per heavy atom. The predicted octanol–water partition coefficient (Wildman–Crippen LogP) is 0.0903. The lowest BCUT2D eigenvalue weighted by Crippen LogP contribution is -2.16. The van der Waals surface area contributed by atoms with Gasteiger partial charge in [-0.05, 0) is 18.2 Å². The average molecular weight is 304 g/mol. The van der Waals surface area contributed by atoms with Crippen LogP contribution in [0, 0.1) is 0 Å².